The van der Waals surface area contributed by atoms with Gasteiger partial charge in [0.05, 0.1) is 22.8 Å². The molecule has 4 aromatic rings. The highest BCUT2D eigenvalue weighted by Crippen LogP contribution is 2.29. The molecule has 1 aliphatic rings. The molecular weight excluding hydrogens is 448 g/mol. The first-order valence-corrected chi connectivity index (χ1v) is 12.8. The van der Waals surface area contributed by atoms with Crippen molar-refractivity contribution in [1.82, 2.24) is 24.4 Å². The highest BCUT2D eigenvalue weighted by molar-refractivity contribution is 7.91. The van der Waals surface area contributed by atoms with E-state index >= 15 is 0 Å². The molecule has 2 atom stereocenters. The van der Waals surface area contributed by atoms with Gasteiger partial charge >= 0.3 is 0 Å². The predicted molar refractivity (Wildman–Crippen MR) is 132 cm³/mol. The summed E-state index contributed by atoms with van der Waals surface area (Å²) in [5.74, 6) is 0.379. The van der Waals surface area contributed by atoms with Crippen molar-refractivity contribution < 1.29 is 9.35 Å². The van der Waals surface area contributed by atoms with Gasteiger partial charge in [-0.15, -0.1) is 0 Å². The summed E-state index contributed by atoms with van der Waals surface area (Å²) in [7, 11) is 0. The van der Waals surface area contributed by atoms with E-state index in [1.807, 2.05) is 24.3 Å². The molecule has 2 N–H and O–H groups in total. The average Bonchev–Trinajstić information content (AvgIpc) is 3.47. The van der Waals surface area contributed by atoms with Crippen LogP contribution < -0.4 is 5.73 Å². The van der Waals surface area contributed by atoms with Gasteiger partial charge in [0.25, 0.3) is 5.91 Å². The van der Waals surface area contributed by atoms with Gasteiger partial charge in [-0.05, 0) is 59.9 Å². The third-order valence-corrected chi connectivity index (χ3v) is 7.16. The van der Waals surface area contributed by atoms with Gasteiger partial charge in [-0.3, -0.25) is 14.3 Å². The average molecular weight is 475 g/mol. The minimum atomic E-state index is -1.22. The van der Waals surface area contributed by atoms with Crippen LogP contribution in [0.3, 0.4) is 0 Å². The Labute approximate surface area is 201 Å². The van der Waals surface area contributed by atoms with Crippen LogP contribution in [0.5, 0.6) is 0 Å². The first kappa shape index (κ1) is 22.5. The van der Waals surface area contributed by atoms with Crippen LogP contribution in [0.25, 0.3) is 28.1 Å². The van der Waals surface area contributed by atoms with E-state index < -0.39 is 11.2 Å². The quantitative estimate of drug-likeness (QED) is 0.445. The highest BCUT2D eigenvalue weighted by Gasteiger charge is 2.26. The van der Waals surface area contributed by atoms with Crippen LogP contribution in [0.2, 0.25) is 0 Å². The Morgan fingerprint density at radius 3 is 2.68 bits per heavy atom. The smallest absolute Gasteiger partial charge is 0.253 e. The van der Waals surface area contributed by atoms with E-state index in [2.05, 4.69) is 21.9 Å². The van der Waals surface area contributed by atoms with E-state index in [1.165, 1.54) is 5.56 Å². The lowest BCUT2D eigenvalue weighted by atomic mass is 10.1. The summed E-state index contributed by atoms with van der Waals surface area (Å²) in [4.78, 5) is 29.1. The minimum Gasteiger partial charge on any atom is -0.612 e. The van der Waals surface area contributed by atoms with Gasteiger partial charge in [-0.2, -0.15) is 0 Å². The van der Waals surface area contributed by atoms with Gasteiger partial charge in [-0.25, -0.2) is 9.97 Å². The van der Waals surface area contributed by atoms with E-state index in [1.54, 1.807) is 46.6 Å². The number of hydrogen-bond acceptors (Lipinski definition) is 6. The van der Waals surface area contributed by atoms with Gasteiger partial charge < -0.3 is 15.2 Å². The standard InChI is InChI=1S/C25H26N6O2S/c1-3-16-6-8-27-21(10-16)18-12-28-25(29-13-18)31-15-23(34(2)33)20-5-4-17(11-22(20)31)24(32)30-9-7-19(26)14-30/h4-6,8,10-13,15,19H,3,7,9,14,26H2,1-2H3. The number of likely N-dealkylation sites (tertiary alicyclic amines) is 1. The van der Waals surface area contributed by atoms with E-state index in [-0.39, 0.29) is 11.9 Å². The van der Waals surface area contributed by atoms with Gasteiger partial charge in [0.1, 0.15) is 6.26 Å². The zero-order chi connectivity index (χ0) is 23.8. The van der Waals surface area contributed by atoms with Crippen molar-refractivity contribution in [2.24, 2.45) is 5.73 Å². The Bertz CT molecular complexity index is 1350. The van der Waals surface area contributed by atoms with Crippen LogP contribution in [0, 0.1) is 0 Å². The SMILES string of the molecule is CCc1ccnc(-c2cnc(-n3cc([S+](C)[O-])c4ccc(C(=O)N5CCC(N)C5)cc43)nc2)c1. The molecule has 2 unspecified atom stereocenters. The maximum Gasteiger partial charge on any atom is 0.253 e. The maximum atomic E-state index is 13.0. The lowest BCUT2D eigenvalue weighted by molar-refractivity contribution is 0.0791. The van der Waals surface area contributed by atoms with Crippen LogP contribution in [0.1, 0.15) is 29.3 Å². The maximum absolute atomic E-state index is 13.0. The summed E-state index contributed by atoms with van der Waals surface area (Å²) >= 11 is -1.22. The Morgan fingerprint density at radius 2 is 2.00 bits per heavy atom. The number of carbonyl (C=O) groups excluding carboxylic acids is 1. The van der Waals surface area contributed by atoms with Crippen LogP contribution in [-0.4, -0.2) is 60.3 Å². The van der Waals surface area contributed by atoms with Crippen molar-refractivity contribution in [2.45, 2.75) is 30.7 Å². The minimum absolute atomic E-state index is 0.0186. The van der Waals surface area contributed by atoms with Crippen molar-refractivity contribution in [3.8, 4) is 17.2 Å². The molecule has 1 aromatic carbocycles. The fourth-order valence-corrected chi connectivity index (χ4v) is 5.04. The number of aromatic nitrogens is 4. The topological polar surface area (TPSA) is 113 Å². The van der Waals surface area contributed by atoms with Crippen LogP contribution in [0.15, 0.2) is 60.0 Å². The second-order valence-electron chi connectivity index (χ2n) is 8.52. The number of pyridine rings is 1. The van der Waals surface area contributed by atoms with Crippen LogP contribution in [0.4, 0.5) is 0 Å². The Balaban J connectivity index is 1.54. The molecule has 0 spiro atoms. The molecule has 0 radical (unpaired) electrons. The van der Waals surface area contributed by atoms with Crippen LogP contribution in [-0.2, 0) is 17.6 Å². The fraction of sp³-hybridized carbons (Fsp3) is 0.280. The molecule has 8 nitrogen and oxygen atoms in total. The summed E-state index contributed by atoms with van der Waals surface area (Å²) in [6.07, 6.45) is 10.4. The van der Waals surface area contributed by atoms with Crippen molar-refractivity contribution in [3.63, 3.8) is 0 Å². The van der Waals surface area contributed by atoms with E-state index in [9.17, 15) is 9.35 Å². The number of carbonyl (C=O) groups is 1. The molecule has 1 amide bonds. The number of rotatable bonds is 5. The van der Waals surface area contributed by atoms with E-state index in [4.69, 9.17) is 5.73 Å². The Hall–Kier alpha value is -3.27. The second-order valence-corrected chi connectivity index (χ2v) is 9.87. The summed E-state index contributed by atoms with van der Waals surface area (Å²) in [5, 5.41) is 0.806. The lowest BCUT2D eigenvalue weighted by Gasteiger charge is -2.16. The Morgan fingerprint density at radius 1 is 1.21 bits per heavy atom. The summed E-state index contributed by atoms with van der Waals surface area (Å²) in [6.45, 7) is 3.31. The molecule has 1 fully saturated rings. The number of nitrogens with two attached hydrogens (primary N) is 1. The second kappa shape index (κ2) is 9.17. The van der Waals surface area contributed by atoms with E-state index in [0.29, 0.717) is 29.5 Å². The molecule has 9 heteroatoms. The zero-order valence-corrected chi connectivity index (χ0v) is 20.0. The first-order valence-electron chi connectivity index (χ1n) is 11.3. The number of hydrogen-bond donors (Lipinski definition) is 1. The van der Waals surface area contributed by atoms with Gasteiger partial charge in [0.2, 0.25) is 5.95 Å². The van der Waals surface area contributed by atoms with Gasteiger partial charge in [0.15, 0.2) is 4.90 Å². The number of amides is 1. The van der Waals surface area contributed by atoms with Crippen LogP contribution >= 0.6 is 0 Å². The molecule has 4 heterocycles. The number of fused-ring (bicyclic) bond motifs is 1. The van der Waals surface area contributed by atoms with Crippen molar-refractivity contribution in [3.05, 3.63) is 66.2 Å². The monoisotopic (exact) mass is 474 g/mol. The molecule has 174 valence electrons. The Kier molecular flexibility index (Phi) is 6.07. The largest absolute Gasteiger partial charge is 0.612 e. The molecule has 0 aliphatic carbocycles. The third-order valence-electron chi connectivity index (χ3n) is 6.22. The van der Waals surface area contributed by atoms with Gasteiger partial charge in [0, 0.05) is 48.8 Å². The van der Waals surface area contributed by atoms with Crippen molar-refractivity contribution in [2.75, 3.05) is 19.3 Å². The third kappa shape index (κ3) is 4.18. The highest BCUT2D eigenvalue weighted by atomic mass is 32.2. The predicted octanol–water partition coefficient (Wildman–Crippen LogP) is 2.96. The number of nitrogens with zero attached hydrogens (tertiary/aromatic N) is 5. The number of benzene rings is 1. The molecule has 5 rings (SSSR count). The molecule has 0 saturated carbocycles. The number of aryl methyl sites for hydroxylation is 1. The van der Waals surface area contributed by atoms with E-state index in [0.717, 1.165) is 35.0 Å². The molecule has 3 aromatic heterocycles. The van der Waals surface area contributed by atoms with Crippen molar-refractivity contribution >= 4 is 28.0 Å². The van der Waals surface area contributed by atoms with Crippen molar-refractivity contribution in [1.29, 1.82) is 0 Å². The van der Waals surface area contributed by atoms with Gasteiger partial charge in [-0.1, -0.05) is 6.92 Å². The summed E-state index contributed by atoms with van der Waals surface area (Å²) in [6, 6.07) is 9.49. The fourth-order valence-electron chi connectivity index (χ4n) is 4.31. The molecule has 34 heavy (non-hydrogen) atoms. The molecular formula is C25H26N6O2S. The zero-order valence-electron chi connectivity index (χ0n) is 19.1. The summed E-state index contributed by atoms with van der Waals surface area (Å²) < 4.78 is 14.2. The molecule has 1 aliphatic heterocycles. The normalized spacial score (nSPS) is 16.8. The lowest BCUT2D eigenvalue weighted by Crippen LogP contribution is -2.31. The molecule has 1 saturated heterocycles. The summed E-state index contributed by atoms with van der Waals surface area (Å²) in [5.41, 5.74) is 10.1. The molecule has 0 bridgehead atoms. The first-order chi connectivity index (χ1) is 16.4.